The number of ketones is 1. The van der Waals surface area contributed by atoms with Crippen molar-refractivity contribution >= 4 is 11.8 Å². The third-order valence-electron chi connectivity index (χ3n) is 2.56. The van der Waals surface area contributed by atoms with Crippen LogP contribution in [0, 0.1) is 11.3 Å². The summed E-state index contributed by atoms with van der Waals surface area (Å²) in [5.74, 6) is -0.802. The fourth-order valence-electron chi connectivity index (χ4n) is 1.62. The molecular weight excluding hydrogens is 180 g/mol. The lowest BCUT2D eigenvalue weighted by molar-refractivity contribution is -0.155. The maximum absolute atomic E-state index is 11.7. The average molecular weight is 194 g/mol. The van der Waals surface area contributed by atoms with E-state index in [4.69, 9.17) is 0 Å². The molecule has 0 radical (unpaired) electrons. The van der Waals surface area contributed by atoms with E-state index in [1.165, 1.54) is 13.2 Å². The quantitative estimate of drug-likeness (QED) is 0.494. The molecule has 1 aliphatic carbocycles. The molecule has 0 bridgehead atoms. The minimum atomic E-state index is -1.12. The summed E-state index contributed by atoms with van der Waals surface area (Å²) in [5.41, 5.74) is -1.12. The Morgan fingerprint density at radius 2 is 2.07 bits per heavy atom. The second-order valence-corrected chi connectivity index (χ2v) is 3.60. The predicted molar refractivity (Wildman–Crippen MR) is 52.6 cm³/mol. The van der Waals surface area contributed by atoms with E-state index in [-0.39, 0.29) is 11.7 Å². The summed E-state index contributed by atoms with van der Waals surface area (Å²) in [6.07, 6.45) is 6.37. The third-order valence-corrected chi connectivity index (χ3v) is 2.56. The summed E-state index contributed by atoms with van der Waals surface area (Å²) in [4.78, 5) is 23.3. The average Bonchev–Trinajstić information content (AvgIpc) is 2.17. The number of allylic oxidation sites excluding steroid dienone is 3. The van der Waals surface area contributed by atoms with E-state index >= 15 is 0 Å². The zero-order valence-corrected chi connectivity index (χ0v) is 8.61. The summed E-state index contributed by atoms with van der Waals surface area (Å²) in [6.45, 7) is 3.66. The van der Waals surface area contributed by atoms with Crippen LogP contribution in [0.25, 0.3) is 0 Å². The van der Waals surface area contributed by atoms with Gasteiger partial charge < -0.3 is 4.74 Å². The lowest BCUT2D eigenvalue weighted by atomic mass is 9.71. The second-order valence-electron chi connectivity index (χ2n) is 3.60. The van der Waals surface area contributed by atoms with Crippen molar-refractivity contribution in [2.75, 3.05) is 7.11 Å². The largest absolute Gasteiger partial charge is 0.468 e. The molecule has 0 saturated carbocycles. The fraction of sp³-hybridized carbons (Fsp3) is 0.455. The zero-order valence-electron chi connectivity index (χ0n) is 8.61. The molecule has 1 atom stereocenters. The molecule has 0 spiro atoms. The van der Waals surface area contributed by atoms with E-state index in [2.05, 4.69) is 4.74 Å². The predicted octanol–water partition coefficient (Wildman–Crippen LogP) is 1.50. The molecule has 3 heteroatoms. The standard InChI is InChI=1S/C11H14O3/c1-8(2)11(10(13)14-3)7-5-4-6-9(11)12/h4-8H,1-3H3. The van der Waals surface area contributed by atoms with Gasteiger partial charge in [0.05, 0.1) is 7.11 Å². The molecule has 1 aliphatic rings. The molecular formula is C11H14O3. The van der Waals surface area contributed by atoms with Crippen molar-refractivity contribution in [1.82, 2.24) is 0 Å². The Balaban J connectivity index is 3.17. The van der Waals surface area contributed by atoms with Crippen molar-refractivity contribution in [3.63, 3.8) is 0 Å². The molecule has 0 aromatic carbocycles. The van der Waals surface area contributed by atoms with E-state index in [9.17, 15) is 9.59 Å². The molecule has 0 aromatic heterocycles. The molecule has 14 heavy (non-hydrogen) atoms. The Hall–Kier alpha value is -1.38. The minimum absolute atomic E-state index is 0.108. The first-order valence-corrected chi connectivity index (χ1v) is 4.54. The maximum Gasteiger partial charge on any atom is 0.323 e. The number of ether oxygens (including phenoxy) is 1. The van der Waals surface area contributed by atoms with Crippen LogP contribution in [0.5, 0.6) is 0 Å². The van der Waals surface area contributed by atoms with Crippen LogP contribution < -0.4 is 0 Å². The first-order valence-electron chi connectivity index (χ1n) is 4.54. The first kappa shape index (κ1) is 10.7. The first-order chi connectivity index (χ1) is 6.55. The Bertz CT molecular complexity index is 312. The molecule has 76 valence electrons. The molecule has 0 fully saturated rings. The number of carbonyl (C=O) groups is 2. The van der Waals surface area contributed by atoms with Gasteiger partial charge in [-0.15, -0.1) is 0 Å². The van der Waals surface area contributed by atoms with Gasteiger partial charge in [-0.05, 0) is 12.0 Å². The summed E-state index contributed by atoms with van der Waals surface area (Å²) in [5, 5.41) is 0. The Morgan fingerprint density at radius 1 is 1.43 bits per heavy atom. The van der Waals surface area contributed by atoms with Crippen molar-refractivity contribution < 1.29 is 14.3 Å². The van der Waals surface area contributed by atoms with Crippen LogP contribution in [0.2, 0.25) is 0 Å². The summed E-state index contributed by atoms with van der Waals surface area (Å²) < 4.78 is 4.68. The number of rotatable bonds is 2. The Morgan fingerprint density at radius 3 is 2.50 bits per heavy atom. The second kappa shape index (κ2) is 3.78. The summed E-state index contributed by atoms with van der Waals surface area (Å²) in [7, 11) is 1.30. The van der Waals surface area contributed by atoms with Crippen molar-refractivity contribution in [3.05, 3.63) is 24.3 Å². The number of methoxy groups -OCH3 is 1. The van der Waals surface area contributed by atoms with E-state index in [1.54, 1.807) is 18.2 Å². The highest BCUT2D eigenvalue weighted by Crippen LogP contribution is 2.34. The van der Waals surface area contributed by atoms with Crippen LogP contribution in [-0.2, 0) is 14.3 Å². The van der Waals surface area contributed by atoms with Gasteiger partial charge in [0, 0.05) is 0 Å². The smallest absolute Gasteiger partial charge is 0.323 e. The highest BCUT2D eigenvalue weighted by Gasteiger charge is 2.46. The lowest BCUT2D eigenvalue weighted by Gasteiger charge is -2.30. The monoisotopic (exact) mass is 194 g/mol. The summed E-state index contributed by atoms with van der Waals surface area (Å²) in [6, 6.07) is 0. The number of esters is 1. The molecule has 1 unspecified atom stereocenters. The van der Waals surface area contributed by atoms with Crippen molar-refractivity contribution in [2.24, 2.45) is 11.3 Å². The normalized spacial score (nSPS) is 25.6. The van der Waals surface area contributed by atoms with Crippen molar-refractivity contribution in [1.29, 1.82) is 0 Å². The van der Waals surface area contributed by atoms with Crippen LogP contribution in [0.4, 0.5) is 0 Å². The molecule has 0 aromatic rings. The van der Waals surface area contributed by atoms with E-state index in [0.29, 0.717) is 0 Å². The van der Waals surface area contributed by atoms with Gasteiger partial charge in [0.15, 0.2) is 11.2 Å². The molecule has 0 amide bonds. The lowest BCUT2D eigenvalue weighted by Crippen LogP contribution is -2.43. The molecule has 3 nitrogen and oxygen atoms in total. The molecule has 1 rings (SSSR count). The highest BCUT2D eigenvalue weighted by atomic mass is 16.5. The van der Waals surface area contributed by atoms with Gasteiger partial charge in [-0.1, -0.05) is 32.1 Å². The van der Waals surface area contributed by atoms with Crippen molar-refractivity contribution in [3.8, 4) is 0 Å². The number of hydrogen-bond donors (Lipinski definition) is 0. The zero-order chi connectivity index (χ0) is 10.8. The number of carbonyl (C=O) groups excluding carboxylic acids is 2. The van der Waals surface area contributed by atoms with Gasteiger partial charge in [-0.2, -0.15) is 0 Å². The fourth-order valence-corrected chi connectivity index (χ4v) is 1.62. The van der Waals surface area contributed by atoms with Gasteiger partial charge in [-0.3, -0.25) is 9.59 Å². The van der Waals surface area contributed by atoms with Crippen LogP contribution >= 0.6 is 0 Å². The van der Waals surface area contributed by atoms with Gasteiger partial charge in [0.1, 0.15) is 0 Å². The van der Waals surface area contributed by atoms with Gasteiger partial charge in [0.25, 0.3) is 0 Å². The van der Waals surface area contributed by atoms with Crippen molar-refractivity contribution in [2.45, 2.75) is 13.8 Å². The third kappa shape index (κ3) is 1.39. The van der Waals surface area contributed by atoms with Gasteiger partial charge in [0.2, 0.25) is 0 Å². The minimum Gasteiger partial charge on any atom is -0.468 e. The molecule has 0 heterocycles. The topological polar surface area (TPSA) is 43.4 Å². The van der Waals surface area contributed by atoms with Crippen LogP contribution in [0.3, 0.4) is 0 Å². The highest BCUT2D eigenvalue weighted by molar-refractivity contribution is 6.12. The van der Waals surface area contributed by atoms with Gasteiger partial charge in [-0.25, -0.2) is 0 Å². The van der Waals surface area contributed by atoms with E-state index in [1.807, 2.05) is 13.8 Å². The SMILES string of the molecule is COC(=O)C1(C(C)C)C=CC=CC1=O. The summed E-state index contributed by atoms with van der Waals surface area (Å²) >= 11 is 0. The molecule has 0 N–H and O–H groups in total. The van der Waals surface area contributed by atoms with E-state index in [0.717, 1.165) is 0 Å². The van der Waals surface area contributed by atoms with Crippen LogP contribution in [0.1, 0.15) is 13.8 Å². The maximum atomic E-state index is 11.7. The van der Waals surface area contributed by atoms with E-state index < -0.39 is 11.4 Å². The number of hydrogen-bond acceptors (Lipinski definition) is 3. The molecule has 0 saturated heterocycles. The van der Waals surface area contributed by atoms with Crippen LogP contribution in [0.15, 0.2) is 24.3 Å². The Labute approximate surface area is 83.4 Å². The molecule has 0 aliphatic heterocycles. The van der Waals surface area contributed by atoms with Gasteiger partial charge >= 0.3 is 5.97 Å². The van der Waals surface area contributed by atoms with Crippen LogP contribution in [-0.4, -0.2) is 18.9 Å². The Kier molecular flexibility index (Phi) is 2.89.